The number of nitrogens with zero attached hydrogens (tertiary/aromatic N) is 3. The van der Waals surface area contributed by atoms with E-state index in [-0.39, 0.29) is 0 Å². The Labute approximate surface area is 156 Å². The van der Waals surface area contributed by atoms with Crippen molar-refractivity contribution < 1.29 is 9.15 Å². The monoisotopic (exact) mass is 358 g/mol. The predicted octanol–water partition coefficient (Wildman–Crippen LogP) is 3.76. The van der Waals surface area contributed by atoms with Gasteiger partial charge in [0, 0.05) is 30.8 Å². The van der Waals surface area contributed by atoms with Gasteiger partial charge in [-0.25, -0.2) is 9.97 Å². The molecule has 0 atom stereocenters. The first-order valence-corrected chi connectivity index (χ1v) is 9.51. The minimum absolute atomic E-state index is 0.304. The third-order valence-corrected chi connectivity index (χ3v) is 4.52. The molecular weight excluding hydrogens is 328 g/mol. The Balaban J connectivity index is 1.61. The predicted molar refractivity (Wildman–Crippen MR) is 102 cm³/mol. The highest BCUT2D eigenvalue weighted by Gasteiger charge is 2.14. The molecule has 2 aromatic rings. The number of morpholine rings is 1. The van der Waals surface area contributed by atoms with E-state index in [9.17, 15) is 0 Å². The van der Waals surface area contributed by atoms with Crippen molar-refractivity contribution >= 4 is 5.82 Å². The van der Waals surface area contributed by atoms with Crippen molar-refractivity contribution in [2.24, 2.45) is 0 Å². The van der Waals surface area contributed by atoms with Gasteiger partial charge < -0.3 is 14.5 Å². The molecule has 3 heterocycles. The summed E-state index contributed by atoms with van der Waals surface area (Å²) in [6.45, 7) is 13.5. The highest BCUT2D eigenvalue weighted by Crippen LogP contribution is 2.20. The fourth-order valence-electron chi connectivity index (χ4n) is 2.89. The van der Waals surface area contributed by atoms with Gasteiger partial charge in [0.05, 0.1) is 26.3 Å². The Morgan fingerprint density at radius 2 is 1.77 bits per heavy atom. The fourth-order valence-corrected chi connectivity index (χ4v) is 2.89. The Kier molecular flexibility index (Phi) is 6.27. The van der Waals surface area contributed by atoms with E-state index in [1.165, 1.54) is 0 Å². The lowest BCUT2D eigenvalue weighted by molar-refractivity contribution is 0.0312. The van der Waals surface area contributed by atoms with E-state index in [0.717, 1.165) is 61.7 Å². The summed E-state index contributed by atoms with van der Waals surface area (Å²) in [6, 6.07) is 6.14. The lowest BCUT2D eigenvalue weighted by Gasteiger charge is -2.25. The molecular formula is C20H30N4O2. The van der Waals surface area contributed by atoms with Gasteiger partial charge in [0.2, 0.25) is 0 Å². The van der Waals surface area contributed by atoms with Gasteiger partial charge >= 0.3 is 0 Å². The molecule has 0 radical (unpaired) electrons. The molecule has 142 valence electrons. The van der Waals surface area contributed by atoms with Crippen LogP contribution in [0, 0.1) is 0 Å². The normalized spacial score (nSPS) is 15.8. The quantitative estimate of drug-likeness (QED) is 0.813. The van der Waals surface area contributed by atoms with Crippen LogP contribution in [0.2, 0.25) is 0 Å². The van der Waals surface area contributed by atoms with Crippen molar-refractivity contribution in [3.63, 3.8) is 0 Å². The van der Waals surface area contributed by atoms with Crippen LogP contribution in [-0.2, 0) is 17.8 Å². The van der Waals surface area contributed by atoms with Crippen molar-refractivity contribution in [3.05, 3.63) is 41.2 Å². The first-order valence-electron chi connectivity index (χ1n) is 9.51. The number of hydrogen-bond donors (Lipinski definition) is 1. The molecule has 1 aliphatic rings. The SMILES string of the molecule is CC(C)c1cc(NCc2ccc(CN3CCOCC3)o2)nc(C(C)C)n1. The summed E-state index contributed by atoms with van der Waals surface area (Å²) in [6.07, 6.45) is 0. The molecule has 0 bridgehead atoms. The van der Waals surface area contributed by atoms with Gasteiger partial charge in [0.25, 0.3) is 0 Å². The summed E-state index contributed by atoms with van der Waals surface area (Å²) >= 11 is 0. The molecule has 1 fully saturated rings. The maximum Gasteiger partial charge on any atom is 0.133 e. The van der Waals surface area contributed by atoms with Crippen LogP contribution in [0.25, 0.3) is 0 Å². The topological polar surface area (TPSA) is 63.4 Å². The molecule has 1 aliphatic heterocycles. The van der Waals surface area contributed by atoms with Crippen molar-refractivity contribution in [1.82, 2.24) is 14.9 Å². The molecule has 0 amide bonds. The second kappa shape index (κ2) is 8.64. The number of nitrogens with one attached hydrogen (secondary N) is 1. The van der Waals surface area contributed by atoms with Crippen LogP contribution >= 0.6 is 0 Å². The second-order valence-corrected chi connectivity index (χ2v) is 7.46. The van der Waals surface area contributed by atoms with Gasteiger partial charge in [-0.1, -0.05) is 27.7 Å². The largest absolute Gasteiger partial charge is 0.463 e. The summed E-state index contributed by atoms with van der Waals surface area (Å²) in [7, 11) is 0. The van der Waals surface area contributed by atoms with Crippen molar-refractivity contribution in [2.75, 3.05) is 31.6 Å². The highest BCUT2D eigenvalue weighted by atomic mass is 16.5. The van der Waals surface area contributed by atoms with E-state index in [0.29, 0.717) is 18.4 Å². The zero-order valence-corrected chi connectivity index (χ0v) is 16.3. The van der Waals surface area contributed by atoms with Crippen LogP contribution < -0.4 is 5.32 Å². The Morgan fingerprint density at radius 1 is 1.04 bits per heavy atom. The first kappa shape index (κ1) is 18.9. The van der Waals surface area contributed by atoms with E-state index in [1.54, 1.807) is 0 Å². The molecule has 1 saturated heterocycles. The summed E-state index contributed by atoms with van der Waals surface area (Å²) in [4.78, 5) is 11.7. The molecule has 3 rings (SSSR count). The van der Waals surface area contributed by atoms with Crippen LogP contribution in [0.3, 0.4) is 0 Å². The van der Waals surface area contributed by atoms with Crippen LogP contribution in [-0.4, -0.2) is 41.2 Å². The Bertz CT molecular complexity index is 679. The van der Waals surface area contributed by atoms with Gasteiger partial charge in [-0.2, -0.15) is 0 Å². The molecule has 0 aromatic carbocycles. The van der Waals surface area contributed by atoms with Crippen molar-refractivity contribution in [3.8, 4) is 0 Å². The van der Waals surface area contributed by atoms with Crippen LogP contribution in [0.4, 0.5) is 5.82 Å². The van der Waals surface area contributed by atoms with Crippen LogP contribution in [0.1, 0.15) is 62.6 Å². The van der Waals surface area contributed by atoms with Crippen LogP contribution in [0.15, 0.2) is 22.6 Å². The van der Waals surface area contributed by atoms with Gasteiger partial charge in [0.1, 0.15) is 23.2 Å². The third kappa shape index (κ3) is 5.05. The second-order valence-electron chi connectivity index (χ2n) is 7.46. The summed E-state index contributed by atoms with van der Waals surface area (Å²) in [5.41, 5.74) is 1.07. The van der Waals surface area contributed by atoms with E-state index < -0.39 is 0 Å². The first-order chi connectivity index (χ1) is 12.5. The lowest BCUT2D eigenvalue weighted by atomic mass is 10.1. The zero-order chi connectivity index (χ0) is 18.5. The summed E-state index contributed by atoms with van der Waals surface area (Å²) in [5.74, 6) is 4.34. The lowest BCUT2D eigenvalue weighted by Crippen LogP contribution is -2.35. The molecule has 2 aromatic heterocycles. The molecule has 26 heavy (non-hydrogen) atoms. The van der Waals surface area contributed by atoms with E-state index in [2.05, 4.69) is 53.9 Å². The molecule has 0 saturated carbocycles. The minimum Gasteiger partial charge on any atom is -0.463 e. The average Bonchev–Trinajstić information content (AvgIpc) is 3.08. The number of aromatic nitrogens is 2. The Morgan fingerprint density at radius 3 is 2.46 bits per heavy atom. The van der Waals surface area contributed by atoms with Crippen molar-refractivity contribution in [1.29, 1.82) is 0 Å². The molecule has 0 spiro atoms. The number of anilines is 1. The molecule has 0 aliphatic carbocycles. The molecule has 6 heteroatoms. The summed E-state index contributed by atoms with van der Waals surface area (Å²) < 4.78 is 11.4. The van der Waals surface area contributed by atoms with Gasteiger partial charge in [-0.15, -0.1) is 0 Å². The average molecular weight is 358 g/mol. The number of hydrogen-bond acceptors (Lipinski definition) is 6. The Hall–Kier alpha value is -1.92. The summed E-state index contributed by atoms with van der Waals surface area (Å²) in [5, 5.41) is 3.39. The molecule has 6 nitrogen and oxygen atoms in total. The number of furan rings is 1. The third-order valence-electron chi connectivity index (χ3n) is 4.52. The fraction of sp³-hybridized carbons (Fsp3) is 0.600. The van der Waals surface area contributed by atoms with Crippen LogP contribution in [0.5, 0.6) is 0 Å². The number of ether oxygens (including phenoxy) is 1. The highest BCUT2D eigenvalue weighted by molar-refractivity contribution is 5.37. The maximum absolute atomic E-state index is 5.98. The van der Waals surface area contributed by atoms with Crippen molar-refractivity contribution in [2.45, 2.75) is 52.6 Å². The van der Waals surface area contributed by atoms with E-state index >= 15 is 0 Å². The maximum atomic E-state index is 5.98. The molecule has 0 unspecified atom stereocenters. The zero-order valence-electron chi connectivity index (χ0n) is 16.3. The van der Waals surface area contributed by atoms with E-state index in [4.69, 9.17) is 9.15 Å². The standard InChI is InChI=1S/C20H30N4O2/c1-14(2)18-11-19(23-20(22-18)15(3)4)21-12-16-5-6-17(26-16)13-24-7-9-25-10-8-24/h5-6,11,14-15H,7-10,12-13H2,1-4H3,(H,21,22,23). The van der Waals surface area contributed by atoms with Gasteiger partial charge in [-0.3, -0.25) is 4.90 Å². The van der Waals surface area contributed by atoms with Gasteiger partial charge in [0.15, 0.2) is 0 Å². The minimum atomic E-state index is 0.304. The smallest absolute Gasteiger partial charge is 0.133 e. The number of rotatable bonds is 7. The van der Waals surface area contributed by atoms with Gasteiger partial charge in [-0.05, 0) is 18.1 Å². The molecule has 1 N–H and O–H groups in total. The van der Waals surface area contributed by atoms with E-state index in [1.807, 2.05) is 12.1 Å².